The van der Waals surface area contributed by atoms with Crippen molar-refractivity contribution in [1.29, 1.82) is 0 Å². The Balaban J connectivity index is 1.48. The number of nitrogens with one attached hydrogen (secondary N) is 1. The Morgan fingerprint density at radius 2 is 1.68 bits per heavy atom. The number of hydrogen-bond donors (Lipinski definition) is 2. The molecule has 156 valence electrons. The van der Waals surface area contributed by atoms with Crippen molar-refractivity contribution in [3.05, 3.63) is 78.4 Å². The van der Waals surface area contributed by atoms with Gasteiger partial charge in [-0.1, -0.05) is 42.5 Å². The Morgan fingerprint density at radius 1 is 1.00 bits per heavy atom. The van der Waals surface area contributed by atoms with Gasteiger partial charge < -0.3 is 19.6 Å². The maximum absolute atomic E-state index is 12.5. The third-order valence-electron chi connectivity index (χ3n) is 4.72. The Morgan fingerprint density at radius 3 is 2.39 bits per heavy atom. The molecule has 4 aromatic rings. The van der Waals surface area contributed by atoms with Gasteiger partial charge in [0.25, 0.3) is 5.91 Å². The average Bonchev–Trinajstić information content (AvgIpc) is 3.30. The number of carbonyl (C=O) groups excluding carboxylic acids is 1. The van der Waals surface area contributed by atoms with Gasteiger partial charge in [0, 0.05) is 17.8 Å². The molecule has 2 aromatic heterocycles. The van der Waals surface area contributed by atoms with Crippen molar-refractivity contribution in [2.24, 2.45) is 0 Å². The molecular formula is C23H20N4O4. The second-order valence-electron chi connectivity index (χ2n) is 6.79. The maximum atomic E-state index is 12.5. The number of pyridine rings is 1. The molecule has 0 spiro atoms. The summed E-state index contributed by atoms with van der Waals surface area (Å²) in [7, 11) is 1.39. The molecule has 0 bridgehead atoms. The van der Waals surface area contributed by atoms with Crippen LogP contribution in [0.2, 0.25) is 0 Å². The largest absolute Gasteiger partial charge is 0.503 e. The lowest BCUT2D eigenvalue weighted by molar-refractivity contribution is 0.0925. The van der Waals surface area contributed by atoms with Gasteiger partial charge in [-0.15, -0.1) is 10.2 Å². The van der Waals surface area contributed by atoms with Crippen LogP contribution in [-0.2, 0) is 0 Å². The highest BCUT2D eigenvalue weighted by Crippen LogP contribution is 2.28. The van der Waals surface area contributed by atoms with Gasteiger partial charge >= 0.3 is 0 Å². The first-order chi connectivity index (χ1) is 15.1. The van der Waals surface area contributed by atoms with Crippen molar-refractivity contribution in [2.45, 2.75) is 13.0 Å². The zero-order chi connectivity index (χ0) is 21.8. The minimum absolute atomic E-state index is 0.151. The average molecular weight is 416 g/mol. The van der Waals surface area contributed by atoms with E-state index >= 15 is 0 Å². The normalized spacial score (nSPS) is 11.7. The van der Waals surface area contributed by atoms with Crippen LogP contribution < -0.4 is 10.1 Å². The van der Waals surface area contributed by atoms with Gasteiger partial charge in [0.1, 0.15) is 6.04 Å². The first kappa shape index (κ1) is 20.1. The van der Waals surface area contributed by atoms with Crippen LogP contribution >= 0.6 is 0 Å². The fourth-order valence-corrected chi connectivity index (χ4v) is 3.06. The van der Waals surface area contributed by atoms with Crippen molar-refractivity contribution in [3.8, 4) is 34.1 Å². The molecule has 2 aromatic carbocycles. The number of hydrogen-bond acceptors (Lipinski definition) is 7. The second kappa shape index (κ2) is 8.66. The van der Waals surface area contributed by atoms with E-state index in [9.17, 15) is 9.90 Å². The number of rotatable bonds is 6. The Kier molecular flexibility index (Phi) is 5.61. The summed E-state index contributed by atoms with van der Waals surface area (Å²) in [6.45, 7) is 1.70. The molecule has 0 aliphatic carbocycles. The van der Waals surface area contributed by atoms with Crippen LogP contribution in [0.15, 0.2) is 71.3 Å². The summed E-state index contributed by atoms with van der Waals surface area (Å²) in [6, 6.07) is 18.7. The molecule has 4 rings (SSSR count). The van der Waals surface area contributed by atoms with E-state index < -0.39 is 11.9 Å². The van der Waals surface area contributed by atoms with Crippen LogP contribution in [0, 0.1) is 0 Å². The molecule has 0 aliphatic rings. The zero-order valence-electron chi connectivity index (χ0n) is 16.9. The van der Waals surface area contributed by atoms with Gasteiger partial charge in [-0.05, 0) is 30.2 Å². The standard InChI is InChI=1S/C23H20N4O4/c1-14(25-21(29)19-20(28)18(30-2)12-13-24-19)22-26-27-23(31-22)17-10-8-16(9-11-17)15-6-4-3-5-7-15/h3-14,28H,1-2H3,(H,25,29)/t14-/m0/s1. The van der Waals surface area contributed by atoms with E-state index in [0.29, 0.717) is 5.89 Å². The smallest absolute Gasteiger partial charge is 0.274 e. The summed E-state index contributed by atoms with van der Waals surface area (Å²) in [5.74, 6) is -0.182. The first-order valence-electron chi connectivity index (χ1n) is 9.59. The lowest BCUT2D eigenvalue weighted by atomic mass is 10.0. The van der Waals surface area contributed by atoms with E-state index in [-0.39, 0.29) is 23.1 Å². The number of aromatic hydroxyl groups is 1. The van der Waals surface area contributed by atoms with E-state index in [2.05, 4.69) is 20.5 Å². The molecular weight excluding hydrogens is 396 g/mol. The second-order valence-corrected chi connectivity index (χ2v) is 6.79. The van der Waals surface area contributed by atoms with Crippen LogP contribution in [-0.4, -0.2) is 33.3 Å². The van der Waals surface area contributed by atoms with Crippen LogP contribution in [0.4, 0.5) is 0 Å². The highest BCUT2D eigenvalue weighted by molar-refractivity contribution is 5.95. The summed E-state index contributed by atoms with van der Waals surface area (Å²) in [5, 5.41) is 20.9. The number of aromatic nitrogens is 3. The summed E-state index contributed by atoms with van der Waals surface area (Å²) in [5.41, 5.74) is 2.81. The van der Waals surface area contributed by atoms with Crippen LogP contribution in [0.3, 0.4) is 0 Å². The van der Waals surface area contributed by atoms with Crippen molar-refractivity contribution in [3.63, 3.8) is 0 Å². The van der Waals surface area contributed by atoms with Gasteiger partial charge in [0.05, 0.1) is 7.11 Å². The van der Waals surface area contributed by atoms with Crippen molar-refractivity contribution >= 4 is 5.91 Å². The monoisotopic (exact) mass is 416 g/mol. The van der Waals surface area contributed by atoms with Gasteiger partial charge in [-0.3, -0.25) is 4.79 Å². The highest BCUT2D eigenvalue weighted by atomic mass is 16.5. The van der Waals surface area contributed by atoms with Crippen LogP contribution in [0.25, 0.3) is 22.6 Å². The summed E-state index contributed by atoms with van der Waals surface area (Å²) < 4.78 is 10.7. The first-order valence-corrected chi connectivity index (χ1v) is 9.59. The lowest BCUT2D eigenvalue weighted by Gasteiger charge is -2.11. The molecule has 0 unspecified atom stereocenters. The van der Waals surface area contributed by atoms with Gasteiger partial charge in [0.15, 0.2) is 17.2 Å². The quantitative estimate of drug-likeness (QED) is 0.489. The summed E-state index contributed by atoms with van der Waals surface area (Å²) in [6.07, 6.45) is 1.38. The number of carbonyl (C=O) groups is 1. The third-order valence-corrected chi connectivity index (χ3v) is 4.72. The predicted molar refractivity (Wildman–Crippen MR) is 114 cm³/mol. The molecule has 0 radical (unpaired) electrons. The number of methoxy groups -OCH3 is 1. The van der Waals surface area contributed by atoms with Crippen LogP contribution in [0.5, 0.6) is 11.5 Å². The number of nitrogens with zero attached hydrogens (tertiary/aromatic N) is 3. The molecule has 2 heterocycles. The molecule has 0 aliphatic heterocycles. The number of ether oxygens (including phenoxy) is 1. The molecule has 0 saturated heterocycles. The Bertz CT molecular complexity index is 1190. The molecule has 1 atom stereocenters. The molecule has 8 heteroatoms. The fourth-order valence-electron chi connectivity index (χ4n) is 3.06. The summed E-state index contributed by atoms with van der Waals surface area (Å²) >= 11 is 0. The SMILES string of the molecule is COc1ccnc(C(=O)N[C@@H](C)c2nnc(-c3ccc(-c4ccccc4)cc3)o2)c1O. The van der Waals surface area contributed by atoms with Crippen molar-refractivity contribution < 1.29 is 19.1 Å². The number of benzene rings is 2. The maximum Gasteiger partial charge on any atom is 0.274 e. The highest BCUT2D eigenvalue weighted by Gasteiger charge is 2.22. The molecule has 31 heavy (non-hydrogen) atoms. The van der Waals surface area contributed by atoms with Crippen molar-refractivity contribution in [2.75, 3.05) is 7.11 Å². The topological polar surface area (TPSA) is 110 Å². The molecule has 2 N–H and O–H groups in total. The molecule has 1 amide bonds. The minimum atomic E-state index is -0.593. The Labute approximate surface area is 178 Å². The van der Waals surface area contributed by atoms with Crippen LogP contribution in [0.1, 0.15) is 29.3 Å². The molecule has 8 nitrogen and oxygen atoms in total. The van der Waals surface area contributed by atoms with Gasteiger partial charge in [-0.2, -0.15) is 0 Å². The minimum Gasteiger partial charge on any atom is -0.503 e. The van der Waals surface area contributed by atoms with Gasteiger partial charge in [0.2, 0.25) is 11.8 Å². The zero-order valence-corrected chi connectivity index (χ0v) is 16.9. The van der Waals surface area contributed by atoms with E-state index in [0.717, 1.165) is 16.7 Å². The third kappa shape index (κ3) is 4.23. The predicted octanol–water partition coefficient (Wildman–Crippen LogP) is 4.00. The van der Waals surface area contributed by atoms with E-state index in [1.165, 1.54) is 19.4 Å². The van der Waals surface area contributed by atoms with Crippen molar-refractivity contribution in [1.82, 2.24) is 20.5 Å². The molecule has 0 saturated carbocycles. The fraction of sp³-hybridized carbons (Fsp3) is 0.130. The molecule has 0 fully saturated rings. The van der Waals surface area contributed by atoms with E-state index in [1.807, 2.05) is 54.6 Å². The Hall–Kier alpha value is -4.20. The van der Waals surface area contributed by atoms with E-state index in [1.54, 1.807) is 6.92 Å². The number of amides is 1. The summed E-state index contributed by atoms with van der Waals surface area (Å²) in [4.78, 5) is 16.4. The van der Waals surface area contributed by atoms with Gasteiger partial charge in [-0.25, -0.2) is 4.98 Å². The lowest BCUT2D eigenvalue weighted by Crippen LogP contribution is -2.27. The van der Waals surface area contributed by atoms with E-state index in [4.69, 9.17) is 9.15 Å².